The van der Waals surface area contributed by atoms with Crippen molar-refractivity contribution >= 4 is 23.1 Å². The molecule has 0 bridgehead atoms. The van der Waals surface area contributed by atoms with E-state index in [2.05, 4.69) is 6.07 Å². The maximum absolute atomic E-state index is 13.0. The molecule has 2 aromatic rings. The van der Waals surface area contributed by atoms with Gasteiger partial charge in [-0.2, -0.15) is 5.26 Å². The number of nitriles is 1. The summed E-state index contributed by atoms with van der Waals surface area (Å²) in [7, 11) is 4.78. The topological polar surface area (TPSA) is 68.6 Å². The molecule has 156 valence electrons. The van der Waals surface area contributed by atoms with Gasteiger partial charge in [0.05, 0.1) is 26.9 Å². The Morgan fingerprint density at radius 2 is 1.73 bits per heavy atom. The van der Waals surface area contributed by atoms with Crippen LogP contribution in [0.15, 0.2) is 47.4 Å². The van der Waals surface area contributed by atoms with Crippen LogP contribution in [0, 0.1) is 17.2 Å². The molecule has 1 aliphatic carbocycles. The van der Waals surface area contributed by atoms with Crippen molar-refractivity contribution in [2.24, 2.45) is 5.92 Å². The number of methoxy groups -OCH3 is 3. The van der Waals surface area contributed by atoms with Gasteiger partial charge in [-0.25, -0.2) is 0 Å². The highest BCUT2D eigenvalue weighted by Gasteiger charge is 2.43. The van der Waals surface area contributed by atoms with Crippen LogP contribution in [0.1, 0.15) is 29.9 Å². The summed E-state index contributed by atoms with van der Waals surface area (Å²) < 4.78 is 15.9. The molecule has 0 radical (unpaired) electrons. The normalized spacial score (nSPS) is 18.1. The molecule has 0 amide bonds. The van der Waals surface area contributed by atoms with Crippen LogP contribution in [0.4, 0.5) is 0 Å². The fourth-order valence-corrected chi connectivity index (χ4v) is 4.25. The van der Waals surface area contributed by atoms with Crippen LogP contribution in [0.3, 0.4) is 0 Å². The lowest BCUT2D eigenvalue weighted by Gasteiger charge is -2.13. The number of ketones is 1. The first kappa shape index (κ1) is 21.8. The monoisotopic (exact) mass is 423 g/mol. The van der Waals surface area contributed by atoms with Gasteiger partial charge in [-0.05, 0) is 54.5 Å². The van der Waals surface area contributed by atoms with E-state index in [1.54, 1.807) is 39.5 Å². The SMILES string of the molecule is COc1ccc(C2CC2C(=O)C/C(SC)=C(\C#N)c2cc(OC)ccc2OC)cc1. The predicted molar refractivity (Wildman–Crippen MR) is 119 cm³/mol. The number of hydrogen-bond acceptors (Lipinski definition) is 6. The number of allylic oxidation sites excluding steroid dienone is 2. The Balaban J connectivity index is 1.82. The number of Topliss-reactive ketones (excluding diaryl/α,β-unsaturated/α-hetero) is 1. The summed E-state index contributed by atoms with van der Waals surface area (Å²) in [6.07, 6.45) is 2.97. The number of thioether (sulfide) groups is 1. The Labute approximate surface area is 181 Å². The highest BCUT2D eigenvalue weighted by Crippen LogP contribution is 2.49. The number of nitrogens with zero attached hydrogens (tertiary/aromatic N) is 1. The Morgan fingerprint density at radius 3 is 2.30 bits per heavy atom. The molecule has 0 aromatic heterocycles. The summed E-state index contributed by atoms with van der Waals surface area (Å²) in [6.45, 7) is 0. The van der Waals surface area contributed by atoms with E-state index in [1.165, 1.54) is 11.8 Å². The molecule has 0 aliphatic heterocycles. The van der Waals surface area contributed by atoms with Crippen molar-refractivity contribution < 1.29 is 19.0 Å². The standard InChI is InChI=1S/C24H25NO4S/c1-27-16-7-5-15(6-8-16)18-12-19(18)22(26)13-24(30-4)21(14-25)20-11-17(28-2)9-10-23(20)29-3/h5-11,18-19H,12-13H2,1-4H3/b24-21-. The van der Waals surface area contributed by atoms with Gasteiger partial charge in [0, 0.05) is 22.8 Å². The highest BCUT2D eigenvalue weighted by atomic mass is 32.2. The Bertz CT molecular complexity index is 991. The molecule has 2 unspecified atom stereocenters. The van der Waals surface area contributed by atoms with Gasteiger partial charge >= 0.3 is 0 Å². The minimum atomic E-state index is -0.00677. The molecule has 0 N–H and O–H groups in total. The molecule has 1 fully saturated rings. The van der Waals surface area contributed by atoms with E-state index in [4.69, 9.17) is 14.2 Å². The maximum atomic E-state index is 13.0. The lowest BCUT2D eigenvalue weighted by molar-refractivity contribution is -0.119. The molecule has 3 rings (SSSR count). The minimum Gasteiger partial charge on any atom is -0.497 e. The van der Waals surface area contributed by atoms with Crippen molar-refractivity contribution in [1.82, 2.24) is 0 Å². The third-order valence-corrected chi connectivity index (χ3v) is 6.24. The van der Waals surface area contributed by atoms with Crippen molar-refractivity contribution in [3.8, 4) is 23.3 Å². The van der Waals surface area contributed by atoms with E-state index in [9.17, 15) is 10.1 Å². The van der Waals surface area contributed by atoms with E-state index in [1.807, 2.05) is 30.5 Å². The summed E-state index contributed by atoms with van der Waals surface area (Å²) in [5.74, 6) is 2.41. The summed E-state index contributed by atoms with van der Waals surface area (Å²) in [5.41, 5.74) is 2.24. The largest absolute Gasteiger partial charge is 0.497 e. The van der Waals surface area contributed by atoms with Crippen LogP contribution in [0.2, 0.25) is 0 Å². The van der Waals surface area contributed by atoms with Gasteiger partial charge in [-0.3, -0.25) is 4.79 Å². The summed E-state index contributed by atoms with van der Waals surface area (Å²) in [5, 5.41) is 9.87. The van der Waals surface area contributed by atoms with Gasteiger partial charge in [-0.15, -0.1) is 11.8 Å². The van der Waals surface area contributed by atoms with Crippen LogP contribution in [0.5, 0.6) is 17.2 Å². The molecule has 0 saturated heterocycles. The molecule has 0 spiro atoms. The van der Waals surface area contributed by atoms with E-state index in [-0.39, 0.29) is 24.0 Å². The van der Waals surface area contributed by atoms with Crippen LogP contribution in [-0.4, -0.2) is 33.4 Å². The van der Waals surface area contributed by atoms with E-state index in [0.29, 0.717) is 22.6 Å². The molecule has 1 saturated carbocycles. The lowest BCUT2D eigenvalue weighted by Crippen LogP contribution is -2.04. The zero-order chi connectivity index (χ0) is 21.7. The zero-order valence-corrected chi connectivity index (χ0v) is 18.4. The van der Waals surface area contributed by atoms with Gasteiger partial charge in [-0.1, -0.05) is 12.1 Å². The quantitative estimate of drug-likeness (QED) is 0.524. The van der Waals surface area contributed by atoms with Crippen LogP contribution in [0.25, 0.3) is 5.57 Å². The molecule has 0 heterocycles. The molecule has 1 aliphatic rings. The van der Waals surface area contributed by atoms with Gasteiger partial charge in [0.15, 0.2) is 0 Å². The Morgan fingerprint density at radius 1 is 1.07 bits per heavy atom. The van der Waals surface area contributed by atoms with Crippen molar-refractivity contribution in [3.05, 3.63) is 58.5 Å². The first-order chi connectivity index (χ1) is 14.6. The van der Waals surface area contributed by atoms with Gasteiger partial charge in [0.2, 0.25) is 0 Å². The molecule has 30 heavy (non-hydrogen) atoms. The Hall–Kier alpha value is -2.91. The van der Waals surface area contributed by atoms with E-state index < -0.39 is 0 Å². The molecule has 5 nitrogen and oxygen atoms in total. The van der Waals surface area contributed by atoms with Crippen LogP contribution >= 0.6 is 11.8 Å². The smallest absolute Gasteiger partial charge is 0.141 e. The molecule has 2 atom stereocenters. The van der Waals surface area contributed by atoms with Crippen LogP contribution < -0.4 is 14.2 Å². The maximum Gasteiger partial charge on any atom is 0.141 e. The molecular formula is C24H25NO4S. The van der Waals surface area contributed by atoms with E-state index in [0.717, 1.165) is 22.6 Å². The fraction of sp³-hybridized carbons (Fsp3) is 0.333. The van der Waals surface area contributed by atoms with Crippen LogP contribution in [-0.2, 0) is 4.79 Å². The van der Waals surface area contributed by atoms with Crippen molar-refractivity contribution in [3.63, 3.8) is 0 Å². The lowest BCUT2D eigenvalue weighted by atomic mass is 10.0. The van der Waals surface area contributed by atoms with E-state index >= 15 is 0 Å². The van der Waals surface area contributed by atoms with Crippen molar-refractivity contribution in [2.75, 3.05) is 27.6 Å². The second-order valence-electron chi connectivity index (χ2n) is 7.05. The average Bonchev–Trinajstić information content (AvgIpc) is 3.59. The average molecular weight is 424 g/mol. The number of carbonyl (C=O) groups excluding carboxylic acids is 1. The third kappa shape index (κ3) is 4.63. The summed E-state index contributed by atoms with van der Waals surface area (Å²) in [4.78, 5) is 13.7. The summed E-state index contributed by atoms with van der Waals surface area (Å²) >= 11 is 1.43. The predicted octanol–water partition coefficient (Wildman–Crippen LogP) is 5.07. The Kier molecular flexibility index (Phi) is 7.07. The van der Waals surface area contributed by atoms with Gasteiger partial charge < -0.3 is 14.2 Å². The highest BCUT2D eigenvalue weighted by molar-refractivity contribution is 8.02. The number of rotatable bonds is 9. The number of hydrogen-bond donors (Lipinski definition) is 0. The molecular weight excluding hydrogens is 398 g/mol. The number of ether oxygens (including phenoxy) is 3. The molecule has 6 heteroatoms. The second kappa shape index (κ2) is 9.73. The van der Waals surface area contributed by atoms with Crippen molar-refractivity contribution in [2.45, 2.75) is 18.8 Å². The van der Waals surface area contributed by atoms with Gasteiger partial charge in [0.1, 0.15) is 29.1 Å². The fourth-order valence-electron chi connectivity index (χ4n) is 3.60. The third-order valence-electron chi connectivity index (χ3n) is 5.40. The minimum absolute atomic E-state index is 0.00677. The first-order valence-corrected chi connectivity index (χ1v) is 10.8. The summed E-state index contributed by atoms with van der Waals surface area (Å²) in [6, 6.07) is 15.5. The van der Waals surface area contributed by atoms with Crippen molar-refractivity contribution in [1.29, 1.82) is 5.26 Å². The van der Waals surface area contributed by atoms with Gasteiger partial charge in [0.25, 0.3) is 0 Å². The first-order valence-electron chi connectivity index (χ1n) is 9.62. The second-order valence-corrected chi connectivity index (χ2v) is 7.95. The number of carbonyl (C=O) groups is 1. The zero-order valence-electron chi connectivity index (χ0n) is 17.6. The number of benzene rings is 2. The molecule has 2 aromatic carbocycles.